The smallest absolute Gasteiger partial charge is 0.261 e. The second-order valence-corrected chi connectivity index (χ2v) is 11.1. The molecule has 0 aromatic heterocycles. The first-order valence-electron chi connectivity index (χ1n) is 7.98. The van der Waals surface area contributed by atoms with Gasteiger partial charge in [-0.1, -0.05) is 43.6 Å². The maximum Gasteiger partial charge on any atom is 0.261 e. The Morgan fingerprint density at radius 3 is 2.80 bits per heavy atom. The van der Waals surface area contributed by atoms with E-state index in [0.717, 1.165) is 15.6 Å². The highest BCUT2D eigenvalue weighted by molar-refractivity contribution is 9.10. The molecule has 2 bridgehead atoms. The monoisotopic (exact) mass is 435 g/mol. The molecular weight excluding hydrogens is 422 g/mol. The van der Waals surface area contributed by atoms with E-state index in [1.807, 2.05) is 18.2 Å². The molecule has 0 radical (unpaired) electrons. The number of halogens is 1. The van der Waals surface area contributed by atoms with Gasteiger partial charge in [-0.05, 0) is 36.6 Å². The zero-order valence-electron chi connectivity index (χ0n) is 13.6. The maximum absolute atomic E-state index is 13.4. The van der Waals surface area contributed by atoms with Crippen LogP contribution in [0, 0.1) is 16.7 Å². The summed E-state index contributed by atoms with van der Waals surface area (Å²) in [5, 5.41) is 10.1. The molecule has 4 saturated heterocycles. The van der Waals surface area contributed by atoms with E-state index in [2.05, 4.69) is 22.0 Å². The van der Waals surface area contributed by atoms with E-state index >= 15 is 0 Å². The van der Waals surface area contributed by atoms with Crippen LogP contribution in [0.3, 0.4) is 0 Å². The van der Waals surface area contributed by atoms with Gasteiger partial charge in [0.05, 0.1) is 17.5 Å². The normalized spacial score (nSPS) is 40.8. The molecule has 6 rings (SSSR count). The fourth-order valence-corrected chi connectivity index (χ4v) is 8.67. The molecule has 4 fully saturated rings. The number of hydrogen-bond donors (Lipinski definition) is 0. The third-order valence-electron chi connectivity index (χ3n) is 6.09. The first-order valence-corrected chi connectivity index (χ1v) is 10.9. The van der Waals surface area contributed by atoms with Crippen molar-refractivity contribution < 1.29 is 9.59 Å². The van der Waals surface area contributed by atoms with Crippen molar-refractivity contribution in [3.8, 4) is 6.07 Å². The summed E-state index contributed by atoms with van der Waals surface area (Å²) in [6, 6.07) is 8.14. The zero-order chi connectivity index (χ0) is 17.8. The van der Waals surface area contributed by atoms with Crippen molar-refractivity contribution in [2.45, 2.75) is 35.5 Å². The lowest BCUT2D eigenvalue weighted by Crippen LogP contribution is -2.73. The molecule has 1 aliphatic carbocycles. The van der Waals surface area contributed by atoms with Gasteiger partial charge in [0.2, 0.25) is 0 Å². The van der Waals surface area contributed by atoms with Crippen LogP contribution in [-0.4, -0.2) is 38.4 Å². The number of fused-ring (bicyclic) bond motifs is 5. The zero-order valence-corrected chi connectivity index (χ0v) is 16.8. The number of likely N-dealkylation sites (N-methyl/N-ethyl adjacent to an activating group) is 1. The fourth-order valence-electron chi connectivity index (χ4n) is 4.75. The van der Waals surface area contributed by atoms with Crippen LogP contribution in [-0.2, 0) is 16.0 Å². The summed E-state index contributed by atoms with van der Waals surface area (Å²) in [5.41, 5.74) is 1.36. The SMILES string of the molecule is CN1C(=O)[C@@]23C[C@@]4(C#N)Cc5ccc(Br)cc5[C@@H]4N2C(=O)C1(C)SS3. The molecule has 2 amide bonds. The number of carbonyl (C=O) groups is 2. The summed E-state index contributed by atoms with van der Waals surface area (Å²) < 4.78 is 0.923. The van der Waals surface area contributed by atoms with Crippen molar-refractivity contribution in [3.63, 3.8) is 0 Å². The molecule has 1 spiro atoms. The molecule has 128 valence electrons. The lowest BCUT2D eigenvalue weighted by atomic mass is 9.81. The largest absolute Gasteiger partial charge is 0.319 e. The molecule has 1 aromatic rings. The molecule has 4 atom stereocenters. The minimum Gasteiger partial charge on any atom is -0.319 e. The predicted molar refractivity (Wildman–Crippen MR) is 99.2 cm³/mol. The van der Waals surface area contributed by atoms with Gasteiger partial charge in [-0.15, -0.1) is 0 Å². The summed E-state index contributed by atoms with van der Waals surface area (Å²) in [4.78, 5) is 28.0. The number of benzene rings is 1. The van der Waals surface area contributed by atoms with Crippen LogP contribution in [0.5, 0.6) is 0 Å². The molecular formula is C17H14BrN3O2S2. The maximum atomic E-state index is 13.4. The van der Waals surface area contributed by atoms with E-state index in [-0.39, 0.29) is 17.9 Å². The highest BCUT2D eigenvalue weighted by Crippen LogP contribution is 2.71. The molecule has 4 aliphatic heterocycles. The Kier molecular flexibility index (Phi) is 2.93. The average molecular weight is 436 g/mol. The Balaban J connectivity index is 1.77. The van der Waals surface area contributed by atoms with Crippen LogP contribution in [0.4, 0.5) is 0 Å². The Bertz CT molecular complexity index is 918. The number of piperazine rings is 1. The van der Waals surface area contributed by atoms with E-state index in [9.17, 15) is 14.9 Å². The van der Waals surface area contributed by atoms with E-state index in [1.165, 1.54) is 21.6 Å². The van der Waals surface area contributed by atoms with Crippen molar-refractivity contribution in [2.24, 2.45) is 5.41 Å². The summed E-state index contributed by atoms with van der Waals surface area (Å²) >= 11 is 3.51. The lowest BCUT2D eigenvalue weighted by molar-refractivity contribution is -0.164. The third-order valence-corrected chi connectivity index (χ3v) is 10.3. The molecule has 8 heteroatoms. The van der Waals surface area contributed by atoms with Gasteiger partial charge in [0.25, 0.3) is 11.8 Å². The van der Waals surface area contributed by atoms with Gasteiger partial charge in [0.1, 0.15) is 0 Å². The van der Waals surface area contributed by atoms with Crippen LogP contribution < -0.4 is 0 Å². The van der Waals surface area contributed by atoms with Crippen LogP contribution in [0.25, 0.3) is 0 Å². The van der Waals surface area contributed by atoms with Crippen molar-refractivity contribution in [1.82, 2.24) is 9.80 Å². The second kappa shape index (κ2) is 4.56. The van der Waals surface area contributed by atoms with Crippen LogP contribution in [0.15, 0.2) is 22.7 Å². The molecule has 1 unspecified atom stereocenters. The number of amides is 2. The number of nitrogens with zero attached hydrogens (tertiary/aromatic N) is 3. The van der Waals surface area contributed by atoms with Gasteiger partial charge in [-0.25, -0.2) is 0 Å². The average Bonchev–Trinajstić information content (AvgIpc) is 3.05. The van der Waals surface area contributed by atoms with Gasteiger partial charge in [0.15, 0.2) is 9.74 Å². The molecule has 5 aliphatic rings. The highest BCUT2D eigenvalue weighted by Gasteiger charge is 2.76. The summed E-state index contributed by atoms with van der Waals surface area (Å²) in [5.74, 6) is -0.118. The number of nitriles is 1. The van der Waals surface area contributed by atoms with Crippen molar-refractivity contribution >= 4 is 49.3 Å². The number of hydrogen-bond acceptors (Lipinski definition) is 5. The lowest BCUT2D eigenvalue weighted by Gasteiger charge is -2.57. The summed E-state index contributed by atoms with van der Waals surface area (Å²) in [7, 11) is 4.61. The Labute approximate surface area is 161 Å². The second-order valence-electron chi connectivity index (χ2n) is 7.34. The van der Waals surface area contributed by atoms with E-state index in [0.29, 0.717) is 12.8 Å². The van der Waals surface area contributed by atoms with Crippen molar-refractivity contribution in [1.29, 1.82) is 5.26 Å². The van der Waals surface area contributed by atoms with Crippen molar-refractivity contribution in [2.75, 3.05) is 7.05 Å². The van der Waals surface area contributed by atoms with E-state index < -0.39 is 15.2 Å². The minimum absolute atomic E-state index is 0.0566. The molecule has 5 nitrogen and oxygen atoms in total. The molecule has 0 N–H and O–H groups in total. The highest BCUT2D eigenvalue weighted by atomic mass is 79.9. The Morgan fingerprint density at radius 1 is 1.32 bits per heavy atom. The first-order chi connectivity index (χ1) is 11.8. The van der Waals surface area contributed by atoms with Crippen molar-refractivity contribution in [3.05, 3.63) is 33.8 Å². The molecule has 0 saturated carbocycles. The molecule has 1 aromatic carbocycles. The summed E-state index contributed by atoms with van der Waals surface area (Å²) in [6.07, 6.45) is 0.970. The summed E-state index contributed by atoms with van der Waals surface area (Å²) in [6.45, 7) is 1.80. The first kappa shape index (κ1) is 16.0. The van der Waals surface area contributed by atoms with Gasteiger partial charge in [-0.2, -0.15) is 5.26 Å². The van der Waals surface area contributed by atoms with E-state index in [1.54, 1.807) is 23.8 Å². The van der Waals surface area contributed by atoms with Crippen LogP contribution >= 0.6 is 37.5 Å². The van der Waals surface area contributed by atoms with Gasteiger partial charge in [-0.3, -0.25) is 9.59 Å². The minimum atomic E-state index is -0.964. The number of carbonyl (C=O) groups excluding carboxylic acids is 2. The topological polar surface area (TPSA) is 64.4 Å². The quantitative estimate of drug-likeness (QED) is 0.585. The molecule has 25 heavy (non-hydrogen) atoms. The third kappa shape index (κ3) is 1.59. The van der Waals surface area contributed by atoms with E-state index in [4.69, 9.17) is 0 Å². The van der Waals surface area contributed by atoms with Gasteiger partial charge in [0, 0.05) is 17.9 Å². The van der Waals surface area contributed by atoms with Crippen LogP contribution in [0.2, 0.25) is 0 Å². The van der Waals surface area contributed by atoms with Gasteiger partial charge >= 0.3 is 0 Å². The molecule has 4 heterocycles. The number of rotatable bonds is 0. The predicted octanol–water partition coefficient (Wildman–Crippen LogP) is 3.07. The Morgan fingerprint density at radius 2 is 2.08 bits per heavy atom. The van der Waals surface area contributed by atoms with Gasteiger partial charge < -0.3 is 9.80 Å². The standard InChI is InChI=1S/C17H14BrN3O2S2/c1-15-13(22)21-12-11-5-10(18)4-3-9(11)6-16(12,8-19)7-17(21,25-24-15)14(23)20(15)2/h3-5,12H,6-7H2,1-2H3/t12-,15?,16+,17-/m0/s1. The fraction of sp³-hybridized carbons (Fsp3) is 0.471. The Hall–Kier alpha value is -1.17. The van der Waals surface area contributed by atoms with Crippen LogP contribution in [0.1, 0.15) is 30.5 Å².